The smallest absolute Gasteiger partial charge is 0.211 e. The molecule has 0 unspecified atom stereocenters. The molecule has 0 rings (SSSR count). The number of hydrogen-bond acceptors (Lipinski definition) is 2. The van der Waals surface area contributed by atoms with Gasteiger partial charge in [0.25, 0.3) is 0 Å². The highest BCUT2D eigenvalue weighted by Crippen LogP contribution is 2.09. The quantitative estimate of drug-likeness (QED) is 0.297. The summed E-state index contributed by atoms with van der Waals surface area (Å²) >= 11 is 0. The zero-order valence-corrected chi connectivity index (χ0v) is 9.43. The van der Waals surface area contributed by atoms with Crippen molar-refractivity contribution in [3.8, 4) is 0 Å². The Morgan fingerprint density at radius 2 is 1.36 bits per heavy atom. The van der Waals surface area contributed by atoms with E-state index < -0.39 is 0 Å². The van der Waals surface area contributed by atoms with Gasteiger partial charge in [-0.2, -0.15) is 0 Å². The predicted molar refractivity (Wildman–Crippen MR) is 60.2 cm³/mol. The van der Waals surface area contributed by atoms with E-state index in [2.05, 4.69) is 11.9 Å². The maximum Gasteiger partial charge on any atom is 0.234 e. The van der Waals surface area contributed by atoms with Crippen LogP contribution in [0.1, 0.15) is 64.7 Å². The third-order valence-electron chi connectivity index (χ3n) is 2.44. The Bertz CT molecular complexity index is 150. The first-order valence-electron chi connectivity index (χ1n) is 5.95. The van der Waals surface area contributed by atoms with Gasteiger partial charge in [-0.1, -0.05) is 58.3 Å². The van der Waals surface area contributed by atoms with Crippen LogP contribution in [-0.2, 0) is 4.79 Å². The van der Waals surface area contributed by atoms with Gasteiger partial charge in [-0.3, -0.25) is 0 Å². The minimum absolute atomic E-state index is 0.666. The van der Waals surface area contributed by atoms with Crippen LogP contribution in [0, 0.1) is 0 Å². The highest BCUT2D eigenvalue weighted by Gasteiger charge is 1.91. The van der Waals surface area contributed by atoms with Crippen molar-refractivity contribution < 1.29 is 4.79 Å². The summed E-state index contributed by atoms with van der Waals surface area (Å²) in [7, 11) is 0. The van der Waals surface area contributed by atoms with Crippen molar-refractivity contribution in [3.05, 3.63) is 0 Å². The Kier molecular flexibility index (Phi) is 11.8. The van der Waals surface area contributed by atoms with Crippen LogP contribution < -0.4 is 0 Å². The lowest BCUT2D eigenvalue weighted by molar-refractivity contribution is 0.556. The van der Waals surface area contributed by atoms with Gasteiger partial charge in [0.1, 0.15) is 0 Å². The first-order chi connectivity index (χ1) is 6.91. The minimum Gasteiger partial charge on any atom is -0.211 e. The molecule has 2 nitrogen and oxygen atoms in total. The second-order valence-corrected chi connectivity index (χ2v) is 3.80. The number of unbranched alkanes of at least 4 members (excludes halogenated alkanes) is 8. The summed E-state index contributed by atoms with van der Waals surface area (Å²) in [6.45, 7) is 2.91. The van der Waals surface area contributed by atoms with Crippen molar-refractivity contribution in [3.63, 3.8) is 0 Å². The number of rotatable bonds is 10. The molecule has 0 saturated heterocycles. The molecule has 0 amide bonds. The molecule has 0 spiro atoms. The third kappa shape index (κ3) is 11.4. The first-order valence-corrected chi connectivity index (χ1v) is 5.95. The molecule has 0 aliphatic heterocycles. The van der Waals surface area contributed by atoms with Crippen LogP contribution in [0.25, 0.3) is 0 Å². The summed E-state index contributed by atoms with van der Waals surface area (Å²) in [6.07, 6.45) is 13.3. The minimum atomic E-state index is 0.666. The molecule has 0 aromatic rings. The molecule has 0 N–H and O–H groups in total. The van der Waals surface area contributed by atoms with E-state index in [1.165, 1.54) is 51.4 Å². The fourth-order valence-electron chi connectivity index (χ4n) is 1.55. The van der Waals surface area contributed by atoms with Gasteiger partial charge in [0, 0.05) is 0 Å². The van der Waals surface area contributed by atoms with Gasteiger partial charge in [0.05, 0.1) is 6.54 Å². The van der Waals surface area contributed by atoms with E-state index in [1.54, 1.807) is 6.08 Å². The van der Waals surface area contributed by atoms with Gasteiger partial charge in [0.15, 0.2) is 0 Å². The first kappa shape index (κ1) is 13.4. The Morgan fingerprint density at radius 1 is 0.857 bits per heavy atom. The van der Waals surface area contributed by atoms with Crippen LogP contribution in [0.5, 0.6) is 0 Å². The van der Waals surface area contributed by atoms with Crippen LogP contribution in [0.3, 0.4) is 0 Å². The van der Waals surface area contributed by atoms with Crippen molar-refractivity contribution >= 4 is 6.08 Å². The molecular weight excluding hydrogens is 174 g/mol. The maximum absolute atomic E-state index is 9.75. The molecule has 0 aliphatic rings. The standard InChI is InChI=1S/C12H23NO/c1-2-3-4-5-6-7-8-9-10-11-13-12-14/h2-11H2,1H3. The topological polar surface area (TPSA) is 29.4 Å². The fraction of sp³-hybridized carbons (Fsp3) is 0.917. The molecule has 0 aromatic heterocycles. The number of carbonyl (C=O) groups excluding carboxylic acids is 1. The molecular formula is C12H23NO. The van der Waals surface area contributed by atoms with E-state index in [1.807, 2.05) is 0 Å². The second-order valence-electron chi connectivity index (χ2n) is 3.80. The van der Waals surface area contributed by atoms with E-state index in [0.29, 0.717) is 6.54 Å². The maximum atomic E-state index is 9.75. The zero-order chi connectivity index (χ0) is 10.5. The second kappa shape index (κ2) is 12.4. The van der Waals surface area contributed by atoms with Crippen molar-refractivity contribution in [1.29, 1.82) is 0 Å². The van der Waals surface area contributed by atoms with Crippen molar-refractivity contribution in [1.82, 2.24) is 0 Å². The van der Waals surface area contributed by atoms with E-state index in [-0.39, 0.29) is 0 Å². The van der Waals surface area contributed by atoms with Gasteiger partial charge < -0.3 is 0 Å². The van der Waals surface area contributed by atoms with Gasteiger partial charge >= 0.3 is 0 Å². The normalized spacial score (nSPS) is 9.79. The van der Waals surface area contributed by atoms with Crippen molar-refractivity contribution in [2.24, 2.45) is 4.99 Å². The van der Waals surface area contributed by atoms with Crippen LogP contribution in [0.2, 0.25) is 0 Å². The molecule has 2 heteroatoms. The lowest BCUT2D eigenvalue weighted by Crippen LogP contribution is -1.83. The molecule has 0 atom stereocenters. The monoisotopic (exact) mass is 197 g/mol. The number of isocyanates is 1. The number of hydrogen-bond donors (Lipinski definition) is 0. The molecule has 0 bridgehead atoms. The average molecular weight is 197 g/mol. The molecule has 0 radical (unpaired) electrons. The van der Waals surface area contributed by atoms with Gasteiger partial charge in [0.2, 0.25) is 6.08 Å². The van der Waals surface area contributed by atoms with Gasteiger partial charge in [-0.05, 0) is 6.42 Å². The van der Waals surface area contributed by atoms with E-state index in [9.17, 15) is 4.79 Å². The summed E-state index contributed by atoms with van der Waals surface area (Å²) in [5.41, 5.74) is 0. The molecule has 14 heavy (non-hydrogen) atoms. The largest absolute Gasteiger partial charge is 0.234 e. The highest BCUT2D eigenvalue weighted by atomic mass is 16.1. The SMILES string of the molecule is CCCCCCCCCCCN=C=O. The summed E-state index contributed by atoms with van der Waals surface area (Å²) in [5.74, 6) is 0. The number of nitrogens with zero attached hydrogens (tertiary/aromatic N) is 1. The Balaban J connectivity index is 2.88. The molecule has 0 aromatic carbocycles. The molecule has 0 aliphatic carbocycles. The van der Waals surface area contributed by atoms with Gasteiger partial charge in [-0.25, -0.2) is 9.79 Å². The number of aliphatic imine (C=N–C) groups is 1. The van der Waals surface area contributed by atoms with Crippen molar-refractivity contribution in [2.45, 2.75) is 64.7 Å². The summed E-state index contributed by atoms with van der Waals surface area (Å²) in [5, 5.41) is 0. The lowest BCUT2D eigenvalue weighted by atomic mass is 10.1. The Hall–Kier alpha value is -0.620. The third-order valence-corrected chi connectivity index (χ3v) is 2.44. The molecule has 0 saturated carbocycles. The Labute approximate surface area is 87.8 Å². The molecule has 82 valence electrons. The van der Waals surface area contributed by atoms with Crippen LogP contribution >= 0.6 is 0 Å². The van der Waals surface area contributed by atoms with E-state index >= 15 is 0 Å². The zero-order valence-electron chi connectivity index (χ0n) is 9.43. The van der Waals surface area contributed by atoms with E-state index in [4.69, 9.17) is 0 Å². The predicted octanol–water partition coefficient (Wildman–Crippen LogP) is 3.85. The highest BCUT2D eigenvalue weighted by molar-refractivity contribution is 5.32. The molecule has 0 heterocycles. The van der Waals surface area contributed by atoms with Gasteiger partial charge in [-0.15, -0.1) is 0 Å². The summed E-state index contributed by atoms with van der Waals surface area (Å²) in [6, 6.07) is 0. The Morgan fingerprint density at radius 3 is 1.86 bits per heavy atom. The molecule has 0 fully saturated rings. The summed E-state index contributed by atoms with van der Waals surface area (Å²) < 4.78 is 0. The average Bonchev–Trinajstić information content (AvgIpc) is 2.21. The van der Waals surface area contributed by atoms with Crippen LogP contribution in [-0.4, -0.2) is 12.6 Å². The van der Waals surface area contributed by atoms with Crippen LogP contribution in [0.4, 0.5) is 0 Å². The fourth-order valence-corrected chi connectivity index (χ4v) is 1.55. The van der Waals surface area contributed by atoms with Crippen molar-refractivity contribution in [2.75, 3.05) is 6.54 Å². The summed E-state index contributed by atoms with van der Waals surface area (Å²) in [4.78, 5) is 13.3. The van der Waals surface area contributed by atoms with Crippen LogP contribution in [0.15, 0.2) is 4.99 Å². The lowest BCUT2D eigenvalue weighted by Gasteiger charge is -1.99. The van der Waals surface area contributed by atoms with E-state index in [0.717, 1.165) is 6.42 Å².